The third kappa shape index (κ3) is 51.0. The Morgan fingerprint density at radius 1 is 0.295 bits per heavy atom. The van der Waals surface area contributed by atoms with Crippen molar-refractivity contribution in [3.8, 4) is 0 Å². The second-order valence-electron chi connectivity index (χ2n) is 39.5. The summed E-state index contributed by atoms with van der Waals surface area (Å²) in [7, 11) is -11.2. The number of allylic oxidation sites excluding steroid dienone is 30. The van der Waals surface area contributed by atoms with Crippen molar-refractivity contribution in [2.45, 2.75) is 453 Å². The molecule has 4 saturated heterocycles. The highest BCUT2D eigenvalue weighted by Gasteiger charge is 2.57. The summed E-state index contributed by atoms with van der Waals surface area (Å²) in [6.07, 6.45) is 33.7. The Hall–Kier alpha value is -5.42. The predicted molar refractivity (Wildman–Crippen MR) is 547 cm³/mol. The smallest absolute Gasteiger partial charge is 0.394 e. The molecule has 23 atom stereocenters. The molecule has 15 N–H and O–H groups in total. The summed E-state index contributed by atoms with van der Waals surface area (Å²) in [5.41, 5.74) is 21.8. The van der Waals surface area contributed by atoms with Gasteiger partial charge >= 0.3 is 15.6 Å². The second-order valence-corrected chi connectivity index (χ2v) is 42.5. The molecule has 0 bridgehead atoms. The molecule has 4 heterocycles. The first-order valence-corrected chi connectivity index (χ1v) is 53.6. The molecule has 2 amide bonds. The zero-order chi connectivity index (χ0) is 103. The van der Waals surface area contributed by atoms with Crippen molar-refractivity contribution < 1.29 is 131 Å². The van der Waals surface area contributed by atoms with E-state index in [-0.39, 0.29) is 18.9 Å². The first kappa shape index (κ1) is 126. The summed E-state index contributed by atoms with van der Waals surface area (Å²) in [4.78, 5) is 46.8. The molecule has 31 heteroatoms. The number of amides is 2. The Morgan fingerprint density at radius 3 is 0.842 bits per heavy atom. The van der Waals surface area contributed by atoms with Gasteiger partial charge in [0.15, 0.2) is 25.2 Å². The number of aliphatic hydroxyl groups excluding tert-OH is 11. The van der Waals surface area contributed by atoms with Crippen molar-refractivity contribution >= 4 is 27.5 Å². The van der Waals surface area contributed by atoms with Gasteiger partial charge in [0.1, 0.15) is 97.5 Å². The van der Waals surface area contributed by atoms with Crippen LogP contribution in [0.1, 0.15) is 331 Å². The van der Waals surface area contributed by atoms with Crippen LogP contribution in [0.2, 0.25) is 0 Å². The van der Waals surface area contributed by atoms with Crippen LogP contribution in [0.3, 0.4) is 0 Å². The lowest BCUT2D eigenvalue weighted by Gasteiger charge is -2.50. The van der Waals surface area contributed by atoms with Gasteiger partial charge in [-0.3, -0.25) is 18.6 Å². The monoisotopic (exact) mass is 2000 g/mol. The van der Waals surface area contributed by atoms with Gasteiger partial charge in [0.2, 0.25) is 11.8 Å². The van der Waals surface area contributed by atoms with Gasteiger partial charge < -0.3 is 110 Å². The first-order valence-electron chi connectivity index (χ1n) is 50.6. The third-order valence-corrected chi connectivity index (χ3v) is 28.6. The van der Waals surface area contributed by atoms with Crippen LogP contribution in [-0.4, -0.2) is 234 Å². The van der Waals surface area contributed by atoms with E-state index in [1.807, 2.05) is 6.92 Å². The van der Waals surface area contributed by atoms with Crippen molar-refractivity contribution in [1.82, 2.24) is 10.6 Å². The van der Waals surface area contributed by atoms with Crippen LogP contribution in [0.4, 0.5) is 0 Å². The van der Waals surface area contributed by atoms with E-state index in [1.54, 1.807) is 0 Å². The molecular weight excluding hydrogens is 1820 g/mol. The van der Waals surface area contributed by atoms with Crippen LogP contribution >= 0.6 is 15.6 Å². The van der Waals surface area contributed by atoms with Gasteiger partial charge in [0, 0.05) is 13.8 Å². The Kier molecular flexibility index (Phi) is 61.7. The van der Waals surface area contributed by atoms with E-state index in [2.05, 4.69) is 217 Å². The molecule has 4 rings (SSSR count). The van der Waals surface area contributed by atoms with Gasteiger partial charge in [-0.15, -0.1) is 0 Å². The molecule has 4 aliphatic heterocycles. The molecule has 139 heavy (non-hydrogen) atoms. The zero-order valence-electron chi connectivity index (χ0n) is 87.2. The Labute approximate surface area is 831 Å². The number of carbonyl (C=O) groups excluding carboxylic acids is 2. The third-order valence-electron chi connectivity index (χ3n) is 26.0. The molecule has 0 aromatic carbocycles. The summed E-state index contributed by atoms with van der Waals surface area (Å²) in [5.74, 6) is -1.77. The zero-order valence-corrected chi connectivity index (χ0v) is 89.0. The average Bonchev–Trinajstić information content (AvgIpc) is 0.764. The maximum absolute atomic E-state index is 13.5. The molecule has 0 spiro atoms. The summed E-state index contributed by atoms with van der Waals surface area (Å²) in [6, 6.07) is -3.71. The standard InChI is InChI=1S/C108H180N2O27P2/c1-71(2)35-20-36-72(3)37-21-38-73(4)39-22-40-74(5)41-23-42-75(6)43-24-44-76(7)45-25-46-77(8)47-26-48-78(9)49-27-50-79(10)51-28-52-80(11)53-29-54-81(12)55-30-56-82(13)57-31-58-83(14)59-32-60-84(15)61-33-62-85(16)63-34-64-86(17)65-66-128-138(124,125)137-139(126,127)136-106-94(110-88(19)116)98(120)102(92(70-114)132-106)133-105-93(109-87(18)115)97(119)103(91(69-113)131-105)134-108-101(123)104(96(118)90(68-112)130-108)135-107-100(122)99(121)95(117)89(67-111)129-107/h35,37,39,41,43,45,47,49,51,53,55,57,59,61,63,86,89-108,111-114,117-123H,20-34,36,38,40,42,44,46,48,50,52,54,56,58,60,62,64-70H2,1-19H3,(H,109,115)(H,110,116)(H,124,125)(H,126,127)/b72-37+,73-39+,74-41+,75-43+,76-45-,77-47+,78-49+,79-51+,80-53+,81-55-,82-57+,83-59+,84-61+,85-63+/t86?,89-,90-,91-,92-,93-,94-,95-,96-,97-,98-,99+,100+,101+,102-,103-,104+,105+,106+,107-,108+/m1/s1. The topological polar surface area (TPSA) is 448 Å². The number of phosphoric acid groups is 2. The highest BCUT2D eigenvalue weighted by atomic mass is 31.3. The molecule has 4 fully saturated rings. The maximum Gasteiger partial charge on any atom is 0.483 e. The van der Waals surface area contributed by atoms with E-state index in [1.165, 1.54) is 90.0 Å². The fraction of sp³-hybridized carbons (Fsp3) is 0.704. The number of phosphoric ester groups is 2. The van der Waals surface area contributed by atoms with E-state index < -0.39 is 177 Å². The lowest BCUT2D eigenvalue weighted by atomic mass is 9.94. The average molecular weight is 2000 g/mol. The van der Waals surface area contributed by atoms with Crippen LogP contribution in [-0.2, 0) is 65.2 Å². The van der Waals surface area contributed by atoms with Gasteiger partial charge in [-0.05, 0) is 316 Å². The highest BCUT2D eigenvalue weighted by Crippen LogP contribution is 2.61. The van der Waals surface area contributed by atoms with Gasteiger partial charge in [-0.1, -0.05) is 182 Å². The van der Waals surface area contributed by atoms with Gasteiger partial charge in [0.05, 0.1) is 33.0 Å². The molecule has 0 radical (unpaired) electrons. The van der Waals surface area contributed by atoms with E-state index >= 15 is 0 Å². The minimum absolute atomic E-state index is 0.0295. The molecule has 0 aromatic rings. The van der Waals surface area contributed by atoms with Crippen molar-refractivity contribution in [2.75, 3.05) is 33.0 Å². The van der Waals surface area contributed by atoms with Gasteiger partial charge in [0.25, 0.3) is 0 Å². The summed E-state index contributed by atoms with van der Waals surface area (Å²) >= 11 is 0. The molecule has 4 aliphatic rings. The quantitative estimate of drug-likeness (QED) is 0.0199. The van der Waals surface area contributed by atoms with Crippen LogP contribution in [0.5, 0.6) is 0 Å². The van der Waals surface area contributed by atoms with E-state index in [0.717, 1.165) is 194 Å². The summed E-state index contributed by atoms with van der Waals surface area (Å²) in [5, 5.41) is 123. The van der Waals surface area contributed by atoms with Crippen molar-refractivity contribution in [3.63, 3.8) is 0 Å². The molecular formula is C108H180N2O27P2. The number of aliphatic hydroxyl groups is 11. The van der Waals surface area contributed by atoms with Gasteiger partial charge in [-0.25, -0.2) is 9.13 Å². The van der Waals surface area contributed by atoms with Crippen molar-refractivity contribution in [1.29, 1.82) is 0 Å². The number of nitrogens with one attached hydrogen (secondary N) is 2. The minimum Gasteiger partial charge on any atom is -0.394 e. The first-order chi connectivity index (χ1) is 65.8. The molecule has 3 unspecified atom stereocenters. The molecule has 29 nitrogen and oxygen atoms in total. The fourth-order valence-electron chi connectivity index (χ4n) is 17.0. The molecule has 0 aliphatic carbocycles. The number of rotatable bonds is 65. The number of hydrogen-bond acceptors (Lipinski definition) is 25. The summed E-state index contributed by atoms with van der Waals surface area (Å²) in [6.45, 7) is 35.5. The number of ether oxygens (including phenoxy) is 7. The Bertz CT molecular complexity index is 4240. The van der Waals surface area contributed by atoms with E-state index in [9.17, 15) is 84.7 Å². The molecule has 794 valence electrons. The van der Waals surface area contributed by atoms with E-state index in [0.29, 0.717) is 6.42 Å². The van der Waals surface area contributed by atoms with Crippen molar-refractivity contribution in [2.24, 2.45) is 5.92 Å². The van der Waals surface area contributed by atoms with Crippen LogP contribution in [0.15, 0.2) is 175 Å². The predicted octanol–water partition coefficient (Wildman–Crippen LogP) is 18.7. The largest absolute Gasteiger partial charge is 0.483 e. The van der Waals surface area contributed by atoms with Crippen LogP contribution < -0.4 is 10.6 Å². The normalized spacial score (nSPS) is 28.2. The Morgan fingerprint density at radius 2 is 0.547 bits per heavy atom. The van der Waals surface area contributed by atoms with Crippen LogP contribution in [0, 0.1) is 5.92 Å². The number of carbonyl (C=O) groups is 2. The van der Waals surface area contributed by atoms with Gasteiger partial charge in [-0.2, -0.15) is 4.31 Å². The fourth-order valence-corrected chi connectivity index (χ4v) is 19.1. The van der Waals surface area contributed by atoms with Crippen molar-refractivity contribution in [3.05, 3.63) is 175 Å². The SMILES string of the molecule is CC(=O)N[C@H]1[C@H](O[C@H]2[C@H](O)[C@@H](NC(C)=O)[C@H](OP(=O)(O)OP(=O)(O)OCCC(C)CC/C=C(\C)CC/C=C(\C)CC/C=C(\C)CC/C=C(\C)CC/C=C(/C)CC/C=C(\C)CC/C=C(\C)CC/C=C(\C)CC/C=C(\C)CC/C=C(/C)CC/C=C(\C)CC/C=C(\C)CC/C=C(\C)CC/C=C(\C)CCC=C(C)C)O[C@@H]2CO)O[C@H](CO)[C@@H](O[C@@H]2O[C@H](CO)[C@@H](O)[C@H](O[C@H]3O[C@H](CO)[C@@H](O)[C@H](O)[C@@H]3O)[C@@H]2O)[C@@H]1O. The second kappa shape index (κ2) is 68.1. The summed E-state index contributed by atoms with van der Waals surface area (Å²) < 4.78 is 81.6. The molecule has 0 saturated carbocycles. The highest BCUT2D eigenvalue weighted by molar-refractivity contribution is 7.61. The minimum atomic E-state index is -5.76. The molecule has 0 aromatic heterocycles. The Balaban J connectivity index is 1.08. The van der Waals surface area contributed by atoms with Crippen LogP contribution in [0.25, 0.3) is 0 Å². The van der Waals surface area contributed by atoms with E-state index in [4.69, 9.17) is 42.2 Å². The maximum atomic E-state index is 13.5. The number of hydrogen-bond donors (Lipinski definition) is 15. The lowest BCUT2D eigenvalue weighted by Crippen LogP contribution is -2.70. The lowest BCUT2D eigenvalue weighted by molar-refractivity contribution is -0.379.